The van der Waals surface area contributed by atoms with Crippen LogP contribution in [-0.4, -0.2) is 33.2 Å². The number of rotatable bonds is 7. The molecule has 0 spiro atoms. The largest absolute Gasteiger partial charge is 0.573 e. The van der Waals surface area contributed by atoms with E-state index in [1.165, 1.54) is 12.1 Å². The third-order valence-electron chi connectivity index (χ3n) is 3.92. The summed E-state index contributed by atoms with van der Waals surface area (Å²) in [6.07, 6.45) is -0.353. The van der Waals surface area contributed by atoms with Crippen molar-refractivity contribution in [2.75, 3.05) is 7.11 Å². The van der Waals surface area contributed by atoms with Crippen molar-refractivity contribution in [3.05, 3.63) is 29.8 Å². The van der Waals surface area contributed by atoms with Gasteiger partial charge in [-0.2, -0.15) is 0 Å². The molecule has 0 bridgehead atoms. The Balaban J connectivity index is 1.82. The van der Waals surface area contributed by atoms with Gasteiger partial charge in [-0.1, -0.05) is 18.6 Å². The van der Waals surface area contributed by atoms with E-state index in [1.807, 2.05) is 0 Å². The first kappa shape index (κ1) is 18.1. The molecule has 23 heavy (non-hydrogen) atoms. The molecule has 0 radical (unpaired) electrons. The molecule has 1 fully saturated rings. The summed E-state index contributed by atoms with van der Waals surface area (Å²) in [5, 5.41) is 6.74. The average Bonchev–Trinajstić information content (AvgIpc) is 2.50. The average molecular weight is 330 g/mol. The predicted octanol–water partition coefficient (Wildman–Crippen LogP) is 2.49. The Labute approximate surface area is 135 Å². The maximum absolute atomic E-state index is 12.2. The van der Waals surface area contributed by atoms with Crippen LogP contribution in [0.25, 0.3) is 0 Å². The van der Waals surface area contributed by atoms with Crippen LogP contribution >= 0.6 is 0 Å². The maximum atomic E-state index is 12.2. The first-order chi connectivity index (χ1) is 11.0. The van der Waals surface area contributed by atoms with E-state index in [0.717, 1.165) is 31.2 Å². The van der Waals surface area contributed by atoms with E-state index in [4.69, 9.17) is 4.65 Å². The van der Waals surface area contributed by atoms with Crippen LogP contribution in [0.2, 0.25) is 0 Å². The first-order valence-corrected chi connectivity index (χ1v) is 7.76. The Hall–Kier alpha value is -1.25. The van der Waals surface area contributed by atoms with Crippen molar-refractivity contribution in [3.63, 3.8) is 0 Å². The van der Waals surface area contributed by atoms with Crippen LogP contribution in [0.1, 0.15) is 31.2 Å². The number of benzene rings is 1. The van der Waals surface area contributed by atoms with Gasteiger partial charge in [0.05, 0.1) is 0 Å². The number of nitrogens with one attached hydrogen (secondary N) is 2. The number of hydrogen-bond donors (Lipinski definition) is 2. The van der Waals surface area contributed by atoms with Crippen molar-refractivity contribution in [2.24, 2.45) is 0 Å². The van der Waals surface area contributed by atoms with Crippen molar-refractivity contribution >= 4 is 7.62 Å². The minimum Gasteiger partial charge on any atom is -0.427 e. The molecule has 1 aliphatic carbocycles. The molecule has 0 aromatic heterocycles. The lowest BCUT2D eigenvalue weighted by Gasteiger charge is -2.30. The molecule has 2 atom stereocenters. The van der Waals surface area contributed by atoms with Crippen molar-refractivity contribution in [1.29, 1.82) is 0 Å². The minimum absolute atomic E-state index is 0.180. The molecule has 2 rings (SSSR count). The summed E-state index contributed by atoms with van der Waals surface area (Å²) >= 11 is 0. The van der Waals surface area contributed by atoms with Crippen LogP contribution in [0.4, 0.5) is 13.2 Å². The molecule has 0 aliphatic heterocycles. The standard InChI is InChI=1S/C15H22BF3N2O2/c1-22-16-21-13-6-3-5-12(9-13)20-10-11-4-2-7-14(8-11)23-15(17,18)19/h2,4,7-8,12-13,16,20-21H,3,5-6,9-10H2,1H3. The Morgan fingerprint density at radius 1 is 1.26 bits per heavy atom. The minimum atomic E-state index is -4.66. The van der Waals surface area contributed by atoms with Gasteiger partial charge in [-0.25, -0.2) is 0 Å². The van der Waals surface area contributed by atoms with Crippen molar-refractivity contribution in [1.82, 2.24) is 10.5 Å². The second kappa shape index (κ2) is 8.56. The highest BCUT2D eigenvalue weighted by molar-refractivity contribution is 6.23. The normalized spacial score (nSPS) is 21.9. The van der Waals surface area contributed by atoms with Crippen LogP contribution < -0.4 is 15.3 Å². The maximum Gasteiger partial charge on any atom is 0.573 e. The number of hydrogen-bond acceptors (Lipinski definition) is 4. The molecule has 0 heterocycles. The predicted molar refractivity (Wildman–Crippen MR) is 83.3 cm³/mol. The van der Waals surface area contributed by atoms with Crippen LogP contribution in [-0.2, 0) is 11.2 Å². The second-order valence-corrected chi connectivity index (χ2v) is 5.77. The van der Waals surface area contributed by atoms with Gasteiger partial charge in [0.25, 0.3) is 0 Å². The van der Waals surface area contributed by atoms with Gasteiger partial charge in [-0.3, -0.25) is 0 Å². The lowest BCUT2D eigenvalue weighted by molar-refractivity contribution is -0.274. The summed E-state index contributed by atoms with van der Waals surface area (Å²) < 4.78 is 45.7. The molecule has 128 valence electrons. The molecular weight excluding hydrogens is 308 g/mol. The van der Waals surface area contributed by atoms with Gasteiger partial charge in [-0.15, -0.1) is 13.2 Å². The lowest BCUT2D eigenvalue weighted by atomic mass is 9.89. The van der Waals surface area contributed by atoms with Crippen molar-refractivity contribution in [3.8, 4) is 5.75 Å². The van der Waals surface area contributed by atoms with Crippen LogP contribution in [0.5, 0.6) is 5.75 Å². The van der Waals surface area contributed by atoms with E-state index in [9.17, 15) is 13.2 Å². The molecular formula is C15H22BF3N2O2. The zero-order valence-electron chi connectivity index (χ0n) is 13.2. The fourth-order valence-electron chi connectivity index (χ4n) is 2.88. The molecule has 8 heteroatoms. The fraction of sp³-hybridized carbons (Fsp3) is 0.600. The molecule has 0 amide bonds. The van der Waals surface area contributed by atoms with E-state index < -0.39 is 6.36 Å². The third-order valence-corrected chi connectivity index (χ3v) is 3.92. The smallest absolute Gasteiger partial charge is 0.427 e. The highest BCUT2D eigenvalue weighted by atomic mass is 19.4. The number of alkyl halides is 3. The summed E-state index contributed by atoms with van der Waals surface area (Å²) in [7, 11) is 2.19. The fourth-order valence-corrected chi connectivity index (χ4v) is 2.88. The van der Waals surface area contributed by atoms with Gasteiger partial charge in [0, 0.05) is 19.7 Å². The SMILES string of the molecule is COBNC1CCCC(NCc2cccc(OC(F)(F)F)c2)C1. The quantitative estimate of drug-likeness (QED) is 0.754. The molecule has 1 saturated carbocycles. The van der Waals surface area contributed by atoms with E-state index in [2.05, 4.69) is 15.3 Å². The second-order valence-electron chi connectivity index (χ2n) is 5.77. The zero-order valence-corrected chi connectivity index (χ0v) is 13.2. The molecule has 1 aromatic rings. The number of halogens is 3. The first-order valence-electron chi connectivity index (χ1n) is 7.76. The van der Waals surface area contributed by atoms with E-state index in [1.54, 1.807) is 19.2 Å². The molecule has 1 aromatic carbocycles. The monoisotopic (exact) mass is 330 g/mol. The molecule has 2 unspecified atom stereocenters. The van der Waals surface area contributed by atoms with Crippen LogP contribution in [0.15, 0.2) is 24.3 Å². The van der Waals surface area contributed by atoms with Gasteiger partial charge in [0.15, 0.2) is 0 Å². The Kier molecular flexibility index (Phi) is 6.74. The topological polar surface area (TPSA) is 42.5 Å². The summed E-state index contributed by atoms with van der Waals surface area (Å²) in [4.78, 5) is 0. The van der Waals surface area contributed by atoms with Crippen LogP contribution in [0.3, 0.4) is 0 Å². The lowest BCUT2D eigenvalue weighted by Crippen LogP contribution is -2.43. The zero-order chi connectivity index (χ0) is 16.7. The summed E-state index contributed by atoms with van der Waals surface area (Å²) in [5.41, 5.74) is 0.777. The van der Waals surface area contributed by atoms with Gasteiger partial charge in [0.2, 0.25) is 0 Å². The van der Waals surface area contributed by atoms with Gasteiger partial charge in [-0.05, 0) is 43.0 Å². The Morgan fingerprint density at radius 2 is 2.04 bits per heavy atom. The van der Waals surface area contributed by atoms with Gasteiger partial charge in [0.1, 0.15) is 5.75 Å². The van der Waals surface area contributed by atoms with Gasteiger partial charge >= 0.3 is 14.0 Å². The Bertz CT molecular complexity index is 488. The Morgan fingerprint density at radius 3 is 2.78 bits per heavy atom. The highest BCUT2D eigenvalue weighted by Gasteiger charge is 2.31. The number of ether oxygens (including phenoxy) is 1. The van der Waals surface area contributed by atoms with E-state index in [0.29, 0.717) is 26.2 Å². The highest BCUT2D eigenvalue weighted by Crippen LogP contribution is 2.24. The van der Waals surface area contributed by atoms with Crippen molar-refractivity contribution < 1.29 is 22.6 Å². The van der Waals surface area contributed by atoms with E-state index >= 15 is 0 Å². The summed E-state index contributed by atoms with van der Waals surface area (Å²) in [6.45, 7) is 0.525. The third kappa shape index (κ3) is 6.80. The molecule has 1 aliphatic rings. The summed E-state index contributed by atoms with van der Waals surface area (Å²) in [6, 6.07) is 6.86. The van der Waals surface area contributed by atoms with Crippen LogP contribution in [0, 0.1) is 0 Å². The summed E-state index contributed by atoms with van der Waals surface area (Å²) in [5.74, 6) is -0.180. The van der Waals surface area contributed by atoms with Crippen molar-refractivity contribution in [2.45, 2.75) is 50.7 Å². The van der Waals surface area contributed by atoms with E-state index in [-0.39, 0.29) is 5.75 Å². The molecule has 4 nitrogen and oxygen atoms in total. The molecule has 0 saturated heterocycles. The van der Waals surface area contributed by atoms with Gasteiger partial charge < -0.3 is 19.9 Å². The molecule has 2 N–H and O–H groups in total.